The number of hydrogen-bond acceptors (Lipinski definition) is 2. The molecule has 0 amide bonds. The van der Waals surface area contributed by atoms with Crippen molar-refractivity contribution in [1.29, 1.82) is 0 Å². The van der Waals surface area contributed by atoms with Crippen molar-refractivity contribution in [3.05, 3.63) is 41.0 Å². The first kappa shape index (κ1) is 13.8. The lowest BCUT2D eigenvalue weighted by Gasteiger charge is -2.32. The van der Waals surface area contributed by atoms with Gasteiger partial charge in [0.25, 0.3) is 0 Å². The number of quaternary nitrogens is 1. The van der Waals surface area contributed by atoms with E-state index in [4.69, 9.17) is 16.3 Å². The van der Waals surface area contributed by atoms with Gasteiger partial charge in [0.15, 0.2) is 0 Å². The summed E-state index contributed by atoms with van der Waals surface area (Å²) in [6.45, 7) is 7.22. The fourth-order valence-electron chi connectivity index (χ4n) is 3.06. The number of pyridine rings is 1. The van der Waals surface area contributed by atoms with Crippen LogP contribution in [0.3, 0.4) is 0 Å². The summed E-state index contributed by atoms with van der Waals surface area (Å²) in [6.07, 6.45) is 0.613. The highest BCUT2D eigenvalue weighted by molar-refractivity contribution is 6.30. The molecule has 1 aromatic carbocycles. The molecule has 1 aliphatic rings. The van der Waals surface area contributed by atoms with Crippen molar-refractivity contribution in [2.24, 2.45) is 0 Å². The molecule has 1 aromatic heterocycles. The number of ether oxygens (including phenoxy) is 1. The number of nitrogens with one attached hydrogen (secondary N) is 1. The maximum absolute atomic E-state index is 6.34. The monoisotopic (exact) mass is 291 g/mol. The quantitative estimate of drug-likeness (QED) is 0.858. The van der Waals surface area contributed by atoms with Crippen LogP contribution in [0.2, 0.25) is 5.15 Å². The van der Waals surface area contributed by atoms with Crippen LogP contribution >= 0.6 is 11.6 Å². The van der Waals surface area contributed by atoms with Gasteiger partial charge in [-0.15, -0.1) is 0 Å². The van der Waals surface area contributed by atoms with E-state index in [1.54, 1.807) is 0 Å². The molecule has 3 rings (SSSR count). The van der Waals surface area contributed by atoms with Crippen molar-refractivity contribution in [2.45, 2.75) is 32.6 Å². The topological polar surface area (TPSA) is 26.6 Å². The van der Waals surface area contributed by atoms with Gasteiger partial charge in [-0.1, -0.05) is 29.8 Å². The number of nitrogens with zero attached hydrogens (tertiary/aromatic N) is 1. The number of fused-ring (bicyclic) bond motifs is 1. The van der Waals surface area contributed by atoms with Gasteiger partial charge in [0.05, 0.1) is 5.52 Å². The number of halogens is 1. The van der Waals surface area contributed by atoms with E-state index < -0.39 is 0 Å². The standard InChI is InChI=1S/C16H19ClN2O/c1-11-8-19(9-12(2)20-11)10-14-7-13-5-3-4-6-15(13)18-16(14)17/h3-7,11-12H,8-10H2,1-2H3/p+1/t11-,12-/m1/s1. The molecule has 1 fully saturated rings. The molecule has 0 spiro atoms. The zero-order valence-electron chi connectivity index (χ0n) is 11.9. The molecule has 0 unspecified atom stereocenters. The van der Waals surface area contributed by atoms with E-state index in [-0.39, 0.29) is 0 Å². The van der Waals surface area contributed by atoms with E-state index in [0.29, 0.717) is 17.4 Å². The number of rotatable bonds is 2. The highest BCUT2D eigenvalue weighted by atomic mass is 35.5. The molecule has 1 aliphatic heterocycles. The molecule has 0 saturated carbocycles. The first-order valence-electron chi connectivity index (χ1n) is 7.15. The molecule has 0 radical (unpaired) electrons. The van der Waals surface area contributed by atoms with Gasteiger partial charge in [0.1, 0.15) is 37.0 Å². The second kappa shape index (κ2) is 5.68. The van der Waals surface area contributed by atoms with Crippen molar-refractivity contribution in [3.8, 4) is 0 Å². The molecule has 106 valence electrons. The summed E-state index contributed by atoms with van der Waals surface area (Å²) in [5, 5.41) is 1.78. The smallest absolute Gasteiger partial charge is 0.138 e. The Bertz CT molecular complexity index is 606. The Morgan fingerprint density at radius 2 is 1.95 bits per heavy atom. The molecular weight excluding hydrogens is 272 g/mol. The Balaban J connectivity index is 1.85. The Kier molecular flexibility index (Phi) is 3.92. The second-order valence-electron chi connectivity index (χ2n) is 5.72. The molecule has 2 aromatic rings. The molecular formula is C16H20ClN2O+. The average molecular weight is 292 g/mol. The molecule has 4 heteroatoms. The summed E-state index contributed by atoms with van der Waals surface area (Å²) in [5.74, 6) is 0. The Hall–Kier alpha value is -1.16. The van der Waals surface area contributed by atoms with Crippen molar-refractivity contribution in [1.82, 2.24) is 4.98 Å². The highest BCUT2D eigenvalue weighted by Crippen LogP contribution is 2.19. The van der Waals surface area contributed by atoms with Crippen LogP contribution in [0.15, 0.2) is 30.3 Å². The largest absolute Gasteiger partial charge is 0.364 e. The zero-order chi connectivity index (χ0) is 14.1. The summed E-state index contributed by atoms with van der Waals surface area (Å²) in [4.78, 5) is 6.01. The normalized spacial score (nSPS) is 26.9. The molecule has 2 atom stereocenters. The number of morpholine rings is 1. The lowest BCUT2D eigenvalue weighted by atomic mass is 10.1. The van der Waals surface area contributed by atoms with Crippen LogP contribution in [0.25, 0.3) is 10.9 Å². The molecule has 2 heterocycles. The maximum atomic E-state index is 6.34. The van der Waals surface area contributed by atoms with Gasteiger partial charge < -0.3 is 9.64 Å². The summed E-state index contributed by atoms with van der Waals surface area (Å²) < 4.78 is 5.79. The van der Waals surface area contributed by atoms with E-state index >= 15 is 0 Å². The van der Waals surface area contributed by atoms with E-state index in [9.17, 15) is 0 Å². The fourth-order valence-corrected chi connectivity index (χ4v) is 3.28. The van der Waals surface area contributed by atoms with Gasteiger partial charge in [-0.25, -0.2) is 4.98 Å². The summed E-state index contributed by atoms with van der Waals surface area (Å²) >= 11 is 6.34. The predicted molar refractivity (Wildman–Crippen MR) is 81.2 cm³/mol. The van der Waals surface area contributed by atoms with Crippen molar-refractivity contribution in [3.63, 3.8) is 0 Å². The van der Waals surface area contributed by atoms with Crippen molar-refractivity contribution < 1.29 is 9.64 Å². The van der Waals surface area contributed by atoms with E-state index in [2.05, 4.69) is 31.0 Å². The molecule has 20 heavy (non-hydrogen) atoms. The van der Waals surface area contributed by atoms with E-state index in [1.165, 1.54) is 4.90 Å². The first-order chi connectivity index (χ1) is 9.61. The van der Waals surface area contributed by atoms with Crippen LogP contribution in [0.1, 0.15) is 19.4 Å². The minimum atomic E-state index is 0.306. The molecule has 1 saturated heterocycles. The van der Waals surface area contributed by atoms with Crippen molar-refractivity contribution >= 4 is 22.5 Å². The third kappa shape index (κ3) is 2.95. The van der Waals surface area contributed by atoms with Crippen LogP contribution in [-0.2, 0) is 11.3 Å². The van der Waals surface area contributed by atoms with Gasteiger partial charge in [-0.3, -0.25) is 0 Å². The molecule has 3 nitrogen and oxygen atoms in total. The van der Waals surface area contributed by atoms with E-state index in [0.717, 1.165) is 36.1 Å². The third-order valence-corrected chi connectivity index (χ3v) is 4.13. The minimum absolute atomic E-state index is 0.306. The van der Waals surface area contributed by atoms with Gasteiger partial charge in [0, 0.05) is 10.9 Å². The van der Waals surface area contributed by atoms with Crippen LogP contribution in [-0.4, -0.2) is 30.3 Å². The number of benzene rings is 1. The van der Waals surface area contributed by atoms with Gasteiger partial charge in [0.2, 0.25) is 0 Å². The molecule has 1 N–H and O–H groups in total. The zero-order valence-corrected chi connectivity index (χ0v) is 12.7. The van der Waals surface area contributed by atoms with Crippen molar-refractivity contribution in [2.75, 3.05) is 13.1 Å². The Labute approximate surface area is 124 Å². The van der Waals surface area contributed by atoms with Gasteiger partial charge >= 0.3 is 0 Å². The minimum Gasteiger partial charge on any atom is -0.364 e. The lowest BCUT2D eigenvalue weighted by molar-refractivity contribution is -0.928. The Morgan fingerprint density at radius 1 is 1.25 bits per heavy atom. The van der Waals surface area contributed by atoms with Crippen LogP contribution in [0.4, 0.5) is 0 Å². The summed E-state index contributed by atoms with van der Waals surface area (Å²) in [7, 11) is 0. The Morgan fingerprint density at radius 3 is 2.70 bits per heavy atom. The second-order valence-corrected chi connectivity index (χ2v) is 6.08. The van der Waals surface area contributed by atoms with Gasteiger partial charge in [-0.2, -0.15) is 0 Å². The maximum Gasteiger partial charge on any atom is 0.138 e. The highest BCUT2D eigenvalue weighted by Gasteiger charge is 2.26. The lowest BCUT2D eigenvalue weighted by Crippen LogP contribution is -3.14. The SMILES string of the molecule is C[C@@H]1C[NH+](Cc2cc3ccccc3nc2Cl)C[C@@H](C)O1. The third-order valence-electron chi connectivity index (χ3n) is 3.81. The number of para-hydroxylation sites is 1. The molecule has 0 bridgehead atoms. The van der Waals surface area contributed by atoms with Gasteiger partial charge in [-0.05, 0) is 26.0 Å². The summed E-state index contributed by atoms with van der Waals surface area (Å²) in [5.41, 5.74) is 2.08. The van der Waals surface area contributed by atoms with Crippen LogP contribution in [0, 0.1) is 0 Å². The fraction of sp³-hybridized carbons (Fsp3) is 0.438. The average Bonchev–Trinajstić information content (AvgIpc) is 2.38. The number of aromatic nitrogens is 1. The number of hydrogen-bond donors (Lipinski definition) is 1. The predicted octanol–water partition coefficient (Wildman–Crippen LogP) is 2.08. The van der Waals surface area contributed by atoms with E-state index in [1.807, 2.05) is 18.2 Å². The first-order valence-corrected chi connectivity index (χ1v) is 7.53. The van der Waals surface area contributed by atoms with Crippen LogP contribution < -0.4 is 4.90 Å². The summed E-state index contributed by atoms with van der Waals surface area (Å²) in [6, 6.07) is 10.3. The molecule has 0 aliphatic carbocycles. The van der Waals surface area contributed by atoms with Crippen LogP contribution in [0.5, 0.6) is 0 Å².